The standard InChI is InChI=1S/C16H11F3O4/c17-16(18,19)13-8-4-1-5-10(13)9-23-15(22)12-7-3-2-6-11(12)14(20)21/h1-8H,9H2,(H,20,21). The van der Waals surface area contributed by atoms with Crippen molar-refractivity contribution < 1.29 is 32.6 Å². The largest absolute Gasteiger partial charge is 0.478 e. The maximum absolute atomic E-state index is 12.8. The molecule has 0 amide bonds. The molecule has 0 aliphatic carbocycles. The summed E-state index contributed by atoms with van der Waals surface area (Å²) in [6, 6.07) is 10.0. The fourth-order valence-electron chi connectivity index (χ4n) is 1.99. The minimum atomic E-state index is -4.57. The van der Waals surface area contributed by atoms with Crippen molar-refractivity contribution in [3.63, 3.8) is 0 Å². The van der Waals surface area contributed by atoms with Gasteiger partial charge in [-0.2, -0.15) is 13.2 Å². The first-order valence-electron chi connectivity index (χ1n) is 6.45. The van der Waals surface area contributed by atoms with Crippen molar-refractivity contribution in [1.82, 2.24) is 0 Å². The molecular weight excluding hydrogens is 313 g/mol. The van der Waals surface area contributed by atoms with Gasteiger partial charge >= 0.3 is 18.1 Å². The van der Waals surface area contributed by atoms with Crippen molar-refractivity contribution in [2.75, 3.05) is 0 Å². The normalized spacial score (nSPS) is 11.1. The van der Waals surface area contributed by atoms with Crippen molar-refractivity contribution in [2.45, 2.75) is 12.8 Å². The first kappa shape index (κ1) is 16.5. The van der Waals surface area contributed by atoms with Crippen LogP contribution in [0, 0.1) is 0 Å². The Morgan fingerprint density at radius 3 is 2.13 bits per heavy atom. The molecule has 0 spiro atoms. The zero-order chi connectivity index (χ0) is 17.0. The molecule has 4 nitrogen and oxygen atoms in total. The molecule has 0 aliphatic heterocycles. The maximum atomic E-state index is 12.8. The van der Waals surface area contributed by atoms with E-state index in [-0.39, 0.29) is 16.7 Å². The minimum absolute atomic E-state index is 0.207. The van der Waals surface area contributed by atoms with Crippen LogP contribution in [-0.2, 0) is 17.5 Å². The molecule has 0 bridgehead atoms. The third kappa shape index (κ3) is 3.88. The van der Waals surface area contributed by atoms with E-state index in [4.69, 9.17) is 9.84 Å². The van der Waals surface area contributed by atoms with E-state index in [0.29, 0.717) is 0 Å². The predicted octanol–water partition coefficient (Wildman–Crippen LogP) is 3.76. The second-order valence-electron chi connectivity index (χ2n) is 4.58. The molecule has 0 aliphatic rings. The SMILES string of the molecule is O=C(O)c1ccccc1C(=O)OCc1ccccc1C(F)(F)F. The van der Waals surface area contributed by atoms with Gasteiger partial charge in [-0.25, -0.2) is 9.59 Å². The van der Waals surface area contributed by atoms with Crippen molar-refractivity contribution in [1.29, 1.82) is 0 Å². The van der Waals surface area contributed by atoms with Gasteiger partial charge in [0.2, 0.25) is 0 Å². The lowest BCUT2D eigenvalue weighted by Gasteiger charge is -2.13. The zero-order valence-electron chi connectivity index (χ0n) is 11.6. The molecule has 120 valence electrons. The van der Waals surface area contributed by atoms with E-state index in [1.54, 1.807) is 0 Å². The lowest BCUT2D eigenvalue weighted by atomic mass is 10.1. The lowest BCUT2D eigenvalue weighted by molar-refractivity contribution is -0.138. The Balaban J connectivity index is 2.20. The molecule has 0 radical (unpaired) electrons. The molecule has 0 aromatic heterocycles. The quantitative estimate of drug-likeness (QED) is 0.870. The third-order valence-electron chi connectivity index (χ3n) is 3.06. The number of hydrogen-bond acceptors (Lipinski definition) is 3. The molecule has 0 heterocycles. The zero-order valence-corrected chi connectivity index (χ0v) is 11.6. The van der Waals surface area contributed by atoms with E-state index in [1.165, 1.54) is 42.5 Å². The molecule has 2 aromatic rings. The van der Waals surface area contributed by atoms with Crippen molar-refractivity contribution in [3.8, 4) is 0 Å². The van der Waals surface area contributed by atoms with Crippen molar-refractivity contribution in [2.24, 2.45) is 0 Å². The predicted molar refractivity (Wildman–Crippen MR) is 74.0 cm³/mol. The fourth-order valence-corrected chi connectivity index (χ4v) is 1.99. The summed E-state index contributed by atoms with van der Waals surface area (Å²) in [5.41, 5.74) is -1.61. The summed E-state index contributed by atoms with van der Waals surface area (Å²) < 4.78 is 43.4. The highest BCUT2D eigenvalue weighted by Crippen LogP contribution is 2.32. The van der Waals surface area contributed by atoms with Gasteiger partial charge < -0.3 is 9.84 Å². The Labute approximate surface area is 129 Å². The Bertz CT molecular complexity index is 738. The molecule has 2 aromatic carbocycles. The molecule has 0 saturated heterocycles. The van der Waals surface area contributed by atoms with Gasteiger partial charge in [0.15, 0.2) is 0 Å². The number of carbonyl (C=O) groups is 2. The van der Waals surface area contributed by atoms with Crippen LogP contribution in [0.15, 0.2) is 48.5 Å². The number of aromatic carboxylic acids is 1. The van der Waals surface area contributed by atoms with E-state index in [0.717, 1.165) is 6.07 Å². The Morgan fingerprint density at radius 1 is 0.957 bits per heavy atom. The molecule has 7 heteroatoms. The van der Waals surface area contributed by atoms with Crippen LogP contribution in [0.4, 0.5) is 13.2 Å². The number of hydrogen-bond donors (Lipinski definition) is 1. The third-order valence-corrected chi connectivity index (χ3v) is 3.06. The van der Waals surface area contributed by atoms with Crippen molar-refractivity contribution in [3.05, 3.63) is 70.8 Å². The number of carbonyl (C=O) groups excluding carboxylic acids is 1. The summed E-state index contributed by atoms with van der Waals surface area (Å²) in [6.07, 6.45) is -4.57. The lowest BCUT2D eigenvalue weighted by Crippen LogP contribution is -2.14. The van der Waals surface area contributed by atoms with Gasteiger partial charge in [0.05, 0.1) is 16.7 Å². The van der Waals surface area contributed by atoms with Gasteiger partial charge in [-0.1, -0.05) is 30.3 Å². The second kappa shape index (κ2) is 6.51. The molecule has 0 saturated carbocycles. The summed E-state index contributed by atoms with van der Waals surface area (Å²) in [5, 5.41) is 8.99. The minimum Gasteiger partial charge on any atom is -0.478 e. The first-order valence-corrected chi connectivity index (χ1v) is 6.45. The molecule has 0 fully saturated rings. The topological polar surface area (TPSA) is 63.6 Å². The van der Waals surface area contributed by atoms with Crippen LogP contribution in [-0.4, -0.2) is 17.0 Å². The van der Waals surface area contributed by atoms with Crippen LogP contribution in [0.3, 0.4) is 0 Å². The molecule has 1 N–H and O–H groups in total. The first-order chi connectivity index (χ1) is 10.8. The van der Waals surface area contributed by atoms with E-state index >= 15 is 0 Å². The monoisotopic (exact) mass is 324 g/mol. The Morgan fingerprint density at radius 2 is 1.52 bits per heavy atom. The summed E-state index contributed by atoms with van der Waals surface area (Å²) in [7, 11) is 0. The van der Waals surface area contributed by atoms with Crippen LogP contribution in [0.25, 0.3) is 0 Å². The molecular formula is C16H11F3O4. The molecule has 0 unspecified atom stereocenters. The van der Waals surface area contributed by atoms with Gasteiger partial charge in [0, 0.05) is 5.56 Å². The number of rotatable bonds is 4. The van der Waals surface area contributed by atoms with Crippen LogP contribution in [0.2, 0.25) is 0 Å². The van der Waals surface area contributed by atoms with E-state index in [1.807, 2.05) is 0 Å². The van der Waals surface area contributed by atoms with Gasteiger partial charge in [0.25, 0.3) is 0 Å². The molecule has 23 heavy (non-hydrogen) atoms. The van der Waals surface area contributed by atoms with Crippen LogP contribution in [0.5, 0.6) is 0 Å². The Kier molecular flexibility index (Phi) is 4.68. The van der Waals surface area contributed by atoms with E-state index < -0.39 is 30.3 Å². The molecule has 2 rings (SSSR count). The highest BCUT2D eigenvalue weighted by molar-refractivity contribution is 6.02. The average molecular weight is 324 g/mol. The number of halogens is 3. The van der Waals surface area contributed by atoms with Crippen LogP contribution < -0.4 is 0 Å². The van der Waals surface area contributed by atoms with Crippen molar-refractivity contribution >= 4 is 11.9 Å². The van der Waals surface area contributed by atoms with Gasteiger partial charge in [0.1, 0.15) is 6.61 Å². The number of benzene rings is 2. The van der Waals surface area contributed by atoms with Gasteiger partial charge in [-0.05, 0) is 18.2 Å². The average Bonchev–Trinajstić information content (AvgIpc) is 2.52. The van der Waals surface area contributed by atoms with Gasteiger partial charge in [-0.3, -0.25) is 0 Å². The number of carboxylic acids is 1. The maximum Gasteiger partial charge on any atom is 0.416 e. The number of alkyl halides is 3. The Hall–Kier alpha value is -2.83. The smallest absolute Gasteiger partial charge is 0.416 e. The summed E-state index contributed by atoms with van der Waals surface area (Å²) in [5.74, 6) is -2.33. The highest BCUT2D eigenvalue weighted by atomic mass is 19.4. The van der Waals surface area contributed by atoms with Crippen LogP contribution >= 0.6 is 0 Å². The molecule has 0 atom stereocenters. The fraction of sp³-hybridized carbons (Fsp3) is 0.125. The highest BCUT2D eigenvalue weighted by Gasteiger charge is 2.33. The van der Waals surface area contributed by atoms with Gasteiger partial charge in [-0.15, -0.1) is 0 Å². The summed E-state index contributed by atoms with van der Waals surface area (Å²) in [4.78, 5) is 23.0. The second-order valence-corrected chi connectivity index (χ2v) is 4.58. The number of ether oxygens (including phenoxy) is 1. The van der Waals surface area contributed by atoms with Crippen LogP contribution in [0.1, 0.15) is 31.8 Å². The number of esters is 1. The summed E-state index contributed by atoms with van der Waals surface area (Å²) >= 11 is 0. The van der Waals surface area contributed by atoms with E-state index in [9.17, 15) is 22.8 Å². The summed E-state index contributed by atoms with van der Waals surface area (Å²) in [6.45, 7) is -0.609. The number of carboxylic acid groups (broad SMARTS) is 1. The van der Waals surface area contributed by atoms with E-state index in [2.05, 4.69) is 0 Å².